The van der Waals surface area contributed by atoms with E-state index in [2.05, 4.69) is 16.9 Å². The lowest BCUT2D eigenvalue weighted by molar-refractivity contribution is 0.236. The number of amides is 2. The smallest absolute Gasteiger partial charge is 0.315 e. The first kappa shape index (κ1) is 10.1. The number of carbonyl (C=O) groups excluding carboxylic acids is 1. The minimum absolute atomic E-state index is 0.0211. The minimum atomic E-state index is 0.0211. The van der Waals surface area contributed by atoms with Crippen molar-refractivity contribution in [3.05, 3.63) is 0 Å². The summed E-state index contributed by atoms with van der Waals surface area (Å²) in [7, 11) is 0. The predicted octanol–water partition coefficient (Wildman–Crippen LogP) is 1.73. The standard InChI is InChI=1S/C10H18N2OS/c1-14-10(5-2-6-10)7-11-9(13)12-8-3-4-8/h8H,2-7H2,1H3,(H2,11,12,13). The third kappa shape index (κ3) is 2.35. The minimum Gasteiger partial charge on any atom is -0.337 e. The molecule has 0 spiro atoms. The van der Waals surface area contributed by atoms with E-state index in [0.717, 1.165) is 19.4 Å². The Morgan fingerprint density at radius 3 is 2.64 bits per heavy atom. The van der Waals surface area contributed by atoms with Gasteiger partial charge in [0.15, 0.2) is 0 Å². The molecule has 80 valence electrons. The maximum absolute atomic E-state index is 11.4. The van der Waals surface area contributed by atoms with Crippen molar-refractivity contribution in [1.82, 2.24) is 10.6 Å². The molecule has 14 heavy (non-hydrogen) atoms. The predicted molar refractivity (Wildman–Crippen MR) is 59.7 cm³/mol. The lowest BCUT2D eigenvalue weighted by atomic mass is 9.84. The lowest BCUT2D eigenvalue weighted by Crippen LogP contribution is -2.48. The van der Waals surface area contributed by atoms with Gasteiger partial charge in [-0.2, -0.15) is 11.8 Å². The number of nitrogens with one attached hydrogen (secondary N) is 2. The molecule has 0 bridgehead atoms. The van der Waals surface area contributed by atoms with Gasteiger partial charge in [0.05, 0.1) is 0 Å². The second-order valence-corrected chi connectivity index (χ2v) is 5.62. The quantitative estimate of drug-likeness (QED) is 0.748. The highest BCUT2D eigenvalue weighted by atomic mass is 32.2. The Balaban J connectivity index is 1.67. The molecule has 2 N–H and O–H groups in total. The monoisotopic (exact) mass is 214 g/mol. The Morgan fingerprint density at radius 2 is 2.21 bits per heavy atom. The molecule has 2 aliphatic rings. The second-order valence-electron chi connectivity index (χ2n) is 4.34. The normalized spacial score (nSPS) is 23.8. The largest absolute Gasteiger partial charge is 0.337 e. The van der Waals surface area contributed by atoms with Crippen molar-refractivity contribution < 1.29 is 4.79 Å². The topological polar surface area (TPSA) is 41.1 Å². The summed E-state index contributed by atoms with van der Waals surface area (Å²) < 4.78 is 0.348. The van der Waals surface area contributed by atoms with Crippen LogP contribution >= 0.6 is 11.8 Å². The van der Waals surface area contributed by atoms with Crippen LogP contribution in [0.5, 0.6) is 0 Å². The van der Waals surface area contributed by atoms with E-state index in [0.29, 0.717) is 10.8 Å². The molecule has 0 atom stereocenters. The van der Waals surface area contributed by atoms with Crippen molar-refractivity contribution in [3.63, 3.8) is 0 Å². The van der Waals surface area contributed by atoms with Crippen molar-refractivity contribution in [1.29, 1.82) is 0 Å². The molecule has 0 radical (unpaired) electrons. The molecule has 4 heteroatoms. The fourth-order valence-electron chi connectivity index (χ4n) is 1.73. The summed E-state index contributed by atoms with van der Waals surface area (Å²) in [5.41, 5.74) is 0. The van der Waals surface area contributed by atoms with Crippen LogP contribution in [0.4, 0.5) is 4.79 Å². The number of thioether (sulfide) groups is 1. The molecule has 0 unspecified atom stereocenters. The van der Waals surface area contributed by atoms with Gasteiger partial charge in [0, 0.05) is 17.3 Å². The van der Waals surface area contributed by atoms with Gasteiger partial charge in [-0.3, -0.25) is 0 Å². The zero-order chi connectivity index (χ0) is 10.0. The Morgan fingerprint density at radius 1 is 1.50 bits per heavy atom. The number of rotatable bonds is 4. The summed E-state index contributed by atoms with van der Waals surface area (Å²) >= 11 is 1.89. The van der Waals surface area contributed by atoms with Crippen LogP contribution in [0.3, 0.4) is 0 Å². The fourth-order valence-corrected chi connectivity index (χ4v) is 2.64. The zero-order valence-corrected chi connectivity index (χ0v) is 9.45. The highest BCUT2D eigenvalue weighted by Crippen LogP contribution is 2.42. The molecule has 2 aliphatic carbocycles. The van der Waals surface area contributed by atoms with Crippen LogP contribution < -0.4 is 10.6 Å². The third-order valence-electron chi connectivity index (χ3n) is 3.18. The molecular weight excluding hydrogens is 196 g/mol. The summed E-state index contributed by atoms with van der Waals surface area (Å²) in [6.07, 6.45) is 8.25. The Kier molecular flexibility index (Phi) is 2.91. The molecule has 0 saturated heterocycles. The van der Waals surface area contributed by atoms with Gasteiger partial charge in [-0.05, 0) is 31.9 Å². The molecule has 2 saturated carbocycles. The van der Waals surface area contributed by atoms with Crippen LogP contribution in [0.1, 0.15) is 32.1 Å². The summed E-state index contributed by atoms with van der Waals surface area (Å²) in [6.45, 7) is 0.826. The van der Waals surface area contributed by atoms with Gasteiger partial charge in [-0.15, -0.1) is 0 Å². The molecule has 2 amide bonds. The average Bonchev–Trinajstić information content (AvgIpc) is 2.87. The van der Waals surface area contributed by atoms with E-state index in [1.165, 1.54) is 19.3 Å². The van der Waals surface area contributed by atoms with E-state index >= 15 is 0 Å². The number of hydrogen-bond donors (Lipinski definition) is 2. The number of hydrogen-bond acceptors (Lipinski definition) is 2. The van der Waals surface area contributed by atoms with Crippen molar-refractivity contribution >= 4 is 17.8 Å². The Bertz CT molecular complexity index is 219. The van der Waals surface area contributed by atoms with Gasteiger partial charge in [-0.25, -0.2) is 4.79 Å². The number of carbonyl (C=O) groups is 1. The molecule has 0 aromatic carbocycles. The van der Waals surface area contributed by atoms with E-state index in [9.17, 15) is 4.79 Å². The summed E-state index contributed by atoms with van der Waals surface area (Å²) in [5.74, 6) is 0. The van der Waals surface area contributed by atoms with Crippen molar-refractivity contribution in [2.24, 2.45) is 0 Å². The van der Waals surface area contributed by atoms with Gasteiger partial charge in [0.25, 0.3) is 0 Å². The maximum atomic E-state index is 11.4. The summed E-state index contributed by atoms with van der Waals surface area (Å²) in [4.78, 5) is 11.4. The Hall–Kier alpha value is -0.380. The first-order valence-electron chi connectivity index (χ1n) is 5.34. The van der Waals surface area contributed by atoms with Gasteiger partial charge in [-0.1, -0.05) is 6.42 Å². The van der Waals surface area contributed by atoms with Crippen LogP contribution in [-0.2, 0) is 0 Å². The van der Waals surface area contributed by atoms with Crippen LogP contribution in [0.15, 0.2) is 0 Å². The van der Waals surface area contributed by atoms with Crippen LogP contribution in [0, 0.1) is 0 Å². The van der Waals surface area contributed by atoms with Crippen LogP contribution in [-0.4, -0.2) is 29.6 Å². The summed E-state index contributed by atoms with van der Waals surface area (Å²) in [5, 5.41) is 5.92. The highest BCUT2D eigenvalue weighted by molar-refractivity contribution is 8.00. The first-order chi connectivity index (χ1) is 6.74. The van der Waals surface area contributed by atoms with Crippen molar-refractivity contribution in [2.45, 2.75) is 42.9 Å². The molecule has 2 fully saturated rings. The van der Waals surface area contributed by atoms with E-state index in [-0.39, 0.29) is 6.03 Å². The van der Waals surface area contributed by atoms with Crippen molar-refractivity contribution in [2.75, 3.05) is 12.8 Å². The molecule has 0 aromatic heterocycles. The zero-order valence-electron chi connectivity index (χ0n) is 8.64. The molecule has 3 nitrogen and oxygen atoms in total. The van der Waals surface area contributed by atoms with E-state index in [4.69, 9.17) is 0 Å². The summed E-state index contributed by atoms with van der Waals surface area (Å²) in [6, 6.07) is 0.481. The number of urea groups is 1. The average molecular weight is 214 g/mol. The fraction of sp³-hybridized carbons (Fsp3) is 0.900. The van der Waals surface area contributed by atoms with Gasteiger partial charge in [0.2, 0.25) is 0 Å². The molecular formula is C10H18N2OS. The maximum Gasteiger partial charge on any atom is 0.315 e. The molecule has 0 heterocycles. The van der Waals surface area contributed by atoms with Crippen LogP contribution in [0.25, 0.3) is 0 Å². The second kappa shape index (κ2) is 4.01. The van der Waals surface area contributed by atoms with Crippen LogP contribution in [0.2, 0.25) is 0 Å². The highest BCUT2D eigenvalue weighted by Gasteiger charge is 2.36. The third-order valence-corrected chi connectivity index (χ3v) is 4.60. The SMILES string of the molecule is CSC1(CNC(=O)NC2CC2)CCC1. The van der Waals surface area contributed by atoms with E-state index < -0.39 is 0 Å². The van der Waals surface area contributed by atoms with E-state index in [1.54, 1.807) is 0 Å². The van der Waals surface area contributed by atoms with Crippen molar-refractivity contribution in [3.8, 4) is 0 Å². The molecule has 0 aliphatic heterocycles. The lowest BCUT2D eigenvalue weighted by Gasteiger charge is -2.40. The van der Waals surface area contributed by atoms with Gasteiger partial charge >= 0.3 is 6.03 Å². The van der Waals surface area contributed by atoms with Gasteiger partial charge < -0.3 is 10.6 Å². The van der Waals surface area contributed by atoms with Gasteiger partial charge in [0.1, 0.15) is 0 Å². The first-order valence-corrected chi connectivity index (χ1v) is 6.56. The van der Waals surface area contributed by atoms with E-state index in [1.807, 2.05) is 11.8 Å². The molecule has 0 aromatic rings. The Labute approximate surface area is 89.4 Å². The molecule has 2 rings (SSSR count).